The normalized spacial score (nSPS) is 16.3. The third-order valence-corrected chi connectivity index (χ3v) is 5.41. The van der Waals surface area contributed by atoms with Gasteiger partial charge >= 0.3 is 0 Å². The highest BCUT2D eigenvalue weighted by Crippen LogP contribution is 2.44. The second-order valence-electron chi connectivity index (χ2n) is 7.00. The third kappa shape index (κ3) is 3.76. The second-order valence-corrected chi connectivity index (χ2v) is 7.44. The number of aliphatic hydroxyl groups excluding tert-OH is 1. The molecule has 1 aliphatic rings. The van der Waals surface area contributed by atoms with E-state index < -0.39 is 11.9 Å². The highest BCUT2D eigenvalue weighted by atomic mass is 35.5. The van der Waals surface area contributed by atoms with Crippen molar-refractivity contribution in [2.45, 2.75) is 12.6 Å². The van der Waals surface area contributed by atoms with Crippen LogP contribution in [0.3, 0.4) is 0 Å². The smallest absolute Gasteiger partial charge is 0.290 e. The van der Waals surface area contributed by atoms with Gasteiger partial charge in [-0.25, -0.2) is 4.39 Å². The molecule has 0 fully saturated rings. The number of carbonyl (C=O) groups excluding carboxylic acids is 1. The van der Waals surface area contributed by atoms with Gasteiger partial charge in [-0.1, -0.05) is 48.0 Å². The third-order valence-electron chi connectivity index (χ3n) is 5.16. The van der Waals surface area contributed by atoms with Crippen molar-refractivity contribution in [1.29, 1.82) is 0 Å². The fraction of sp³-hybridized carbons (Fsp3) is 0.125. The largest absolute Gasteiger partial charge is 0.503 e. The van der Waals surface area contributed by atoms with Gasteiger partial charge in [0.05, 0.1) is 13.2 Å². The van der Waals surface area contributed by atoms with E-state index >= 15 is 0 Å². The molecular weight excluding hydrogens is 405 g/mol. The fourth-order valence-electron chi connectivity index (χ4n) is 3.66. The molecule has 1 amide bonds. The lowest BCUT2D eigenvalue weighted by atomic mass is 9.93. The Morgan fingerprint density at radius 3 is 2.23 bits per heavy atom. The molecule has 0 spiro atoms. The van der Waals surface area contributed by atoms with Gasteiger partial charge in [0.15, 0.2) is 5.76 Å². The van der Waals surface area contributed by atoms with E-state index in [0.29, 0.717) is 27.5 Å². The van der Waals surface area contributed by atoms with Crippen LogP contribution >= 0.6 is 11.6 Å². The van der Waals surface area contributed by atoms with Crippen molar-refractivity contribution in [3.8, 4) is 5.75 Å². The van der Waals surface area contributed by atoms with Crippen LogP contribution in [-0.4, -0.2) is 23.0 Å². The Balaban J connectivity index is 1.79. The van der Waals surface area contributed by atoms with Crippen LogP contribution in [0.25, 0.3) is 5.57 Å². The molecule has 0 saturated heterocycles. The monoisotopic (exact) mass is 423 g/mol. The lowest BCUT2D eigenvalue weighted by molar-refractivity contribution is -0.130. The van der Waals surface area contributed by atoms with Crippen LogP contribution in [-0.2, 0) is 11.3 Å². The zero-order chi connectivity index (χ0) is 21.3. The maximum Gasteiger partial charge on any atom is 0.290 e. The Labute approximate surface area is 178 Å². The van der Waals surface area contributed by atoms with Gasteiger partial charge in [0, 0.05) is 17.1 Å². The molecule has 6 heteroatoms. The Bertz CT molecular complexity index is 1090. The van der Waals surface area contributed by atoms with E-state index in [4.69, 9.17) is 16.3 Å². The van der Waals surface area contributed by atoms with E-state index in [2.05, 4.69) is 0 Å². The molecule has 0 aliphatic carbocycles. The minimum atomic E-state index is -0.567. The summed E-state index contributed by atoms with van der Waals surface area (Å²) in [5, 5.41) is 11.4. The van der Waals surface area contributed by atoms with Crippen molar-refractivity contribution in [3.63, 3.8) is 0 Å². The van der Waals surface area contributed by atoms with Crippen molar-refractivity contribution in [3.05, 3.63) is 106 Å². The maximum absolute atomic E-state index is 13.5. The molecule has 3 aromatic rings. The SMILES string of the molecule is COc1ccc(C2=C(O)C(=O)N(Cc3ccc(Cl)cc3)C2c2ccc(F)cc2)cc1. The van der Waals surface area contributed by atoms with Crippen molar-refractivity contribution < 1.29 is 19.0 Å². The summed E-state index contributed by atoms with van der Waals surface area (Å²) in [6, 6.07) is 19.7. The summed E-state index contributed by atoms with van der Waals surface area (Å²) in [4.78, 5) is 14.6. The van der Waals surface area contributed by atoms with E-state index in [0.717, 1.165) is 5.56 Å². The summed E-state index contributed by atoms with van der Waals surface area (Å²) >= 11 is 5.97. The summed E-state index contributed by atoms with van der Waals surface area (Å²) in [5.41, 5.74) is 2.73. The second kappa shape index (κ2) is 8.20. The summed E-state index contributed by atoms with van der Waals surface area (Å²) < 4.78 is 18.7. The van der Waals surface area contributed by atoms with Crippen LogP contribution in [0.2, 0.25) is 5.02 Å². The van der Waals surface area contributed by atoms with Crippen molar-refractivity contribution in [2.75, 3.05) is 7.11 Å². The van der Waals surface area contributed by atoms with Gasteiger partial charge < -0.3 is 14.7 Å². The van der Waals surface area contributed by atoms with Crippen molar-refractivity contribution >= 4 is 23.1 Å². The number of halogens is 2. The minimum absolute atomic E-state index is 0.266. The number of hydrogen-bond donors (Lipinski definition) is 1. The van der Waals surface area contributed by atoms with Gasteiger partial charge in [-0.2, -0.15) is 0 Å². The molecule has 4 nitrogen and oxygen atoms in total. The highest BCUT2D eigenvalue weighted by Gasteiger charge is 2.41. The molecule has 0 saturated carbocycles. The van der Waals surface area contributed by atoms with Gasteiger partial charge in [-0.05, 0) is 53.1 Å². The highest BCUT2D eigenvalue weighted by molar-refractivity contribution is 6.30. The lowest BCUT2D eigenvalue weighted by Crippen LogP contribution is -2.29. The number of rotatable bonds is 5. The van der Waals surface area contributed by atoms with E-state index in [-0.39, 0.29) is 18.1 Å². The van der Waals surface area contributed by atoms with E-state index in [9.17, 15) is 14.3 Å². The Hall–Kier alpha value is -3.31. The Morgan fingerprint density at radius 2 is 1.63 bits per heavy atom. The summed E-state index contributed by atoms with van der Waals surface area (Å²) in [6.07, 6.45) is 0. The zero-order valence-corrected chi connectivity index (χ0v) is 16.9. The lowest BCUT2D eigenvalue weighted by Gasteiger charge is -2.27. The molecule has 30 heavy (non-hydrogen) atoms. The number of hydrogen-bond acceptors (Lipinski definition) is 3. The van der Waals surface area contributed by atoms with Gasteiger partial charge in [0.25, 0.3) is 5.91 Å². The van der Waals surface area contributed by atoms with Crippen LogP contribution in [0.4, 0.5) is 4.39 Å². The van der Waals surface area contributed by atoms with Crippen LogP contribution in [0.15, 0.2) is 78.6 Å². The van der Waals surface area contributed by atoms with Crippen molar-refractivity contribution in [1.82, 2.24) is 4.90 Å². The summed E-state index contributed by atoms with van der Waals surface area (Å²) in [6.45, 7) is 0.266. The molecule has 1 atom stereocenters. The van der Waals surface area contributed by atoms with Crippen LogP contribution < -0.4 is 4.74 Å². The predicted octanol–water partition coefficient (Wildman–Crippen LogP) is 5.54. The molecule has 0 bridgehead atoms. The Kier molecular flexibility index (Phi) is 5.46. The molecule has 1 heterocycles. The first-order chi connectivity index (χ1) is 14.5. The molecule has 152 valence electrons. The molecule has 1 unspecified atom stereocenters. The fourth-order valence-corrected chi connectivity index (χ4v) is 3.79. The molecule has 3 aromatic carbocycles. The van der Waals surface area contributed by atoms with E-state index in [1.807, 2.05) is 12.1 Å². The number of ether oxygens (including phenoxy) is 1. The van der Waals surface area contributed by atoms with Crippen LogP contribution in [0, 0.1) is 5.82 Å². The number of methoxy groups -OCH3 is 1. The quantitative estimate of drug-likeness (QED) is 0.586. The summed E-state index contributed by atoms with van der Waals surface area (Å²) in [5.74, 6) is -0.500. The number of amides is 1. The molecule has 0 aromatic heterocycles. The van der Waals surface area contributed by atoms with E-state index in [1.54, 1.807) is 60.5 Å². The molecule has 1 N–H and O–H groups in total. The van der Waals surface area contributed by atoms with Crippen LogP contribution in [0.5, 0.6) is 5.75 Å². The molecule has 4 rings (SSSR count). The van der Waals surface area contributed by atoms with Gasteiger partial charge in [-0.3, -0.25) is 4.79 Å². The van der Waals surface area contributed by atoms with Gasteiger partial charge in [0.2, 0.25) is 0 Å². The number of benzene rings is 3. The average molecular weight is 424 g/mol. The standard InChI is InChI=1S/C24H19ClFNO3/c1-30-20-12-6-16(7-13-20)21-22(17-4-10-19(26)11-5-17)27(24(29)23(21)28)14-15-2-8-18(25)9-3-15/h2-13,22,28H,14H2,1H3. The first-order valence-electron chi connectivity index (χ1n) is 9.36. The van der Waals surface area contributed by atoms with Gasteiger partial charge in [0.1, 0.15) is 11.6 Å². The first-order valence-corrected chi connectivity index (χ1v) is 9.74. The minimum Gasteiger partial charge on any atom is -0.503 e. The summed E-state index contributed by atoms with van der Waals surface area (Å²) in [7, 11) is 1.57. The molecule has 0 radical (unpaired) electrons. The van der Waals surface area contributed by atoms with Gasteiger partial charge in [-0.15, -0.1) is 0 Å². The topological polar surface area (TPSA) is 49.8 Å². The number of aliphatic hydroxyl groups is 1. The van der Waals surface area contributed by atoms with Crippen LogP contribution in [0.1, 0.15) is 22.7 Å². The maximum atomic E-state index is 13.5. The average Bonchev–Trinajstić information content (AvgIpc) is 3.01. The molecular formula is C24H19ClFNO3. The zero-order valence-electron chi connectivity index (χ0n) is 16.2. The van der Waals surface area contributed by atoms with Crippen molar-refractivity contribution in [2.24, 2.45) is 0 Å². The van der Waals surface area contributed by atoms with E-state index in [1.165, 1.54) is 12.1 Å². The predicted molar refractivity (Wildman–Crippen MR) is 114 cm³/mol. The number of nitrogens with zero attached hydrogens (tertiary/aromatic N) is 1. The first kappa shape index (κ1) is 20.0. The number of carbonyl (C=O) groups is 1. The Morgan fingerprint density at radius 1 is 1.00 bits per heavy atom. The molecule has 1 aliphatic heterocycles.